The Morgan fingerprint density at radius 1 is 1.07 bits per heavy atom. The molecule has 0 unspecified atom stereocenters. The van der Waals surface area contributed by atoms with E-state index < -0.39 is 11.4 Å². The molecule has 0 aliphatic carbocycles. The standard InChI is InChI=1S/C21H19Cl2N3O2/c1-13-18(14-7-5-4-6-8-14)19(27)26(12-24-13)21(2,3)20(28)25-17-10-15(22)9-16(23)11-17/h4-12H,1-3H3,(H,25,28). The largest absolute Gasteiger partial charge is 0.324 e. The summed E-state index contributed by atoms with van der Waals surface area (Å²) in [7, 11) is 0. The highest BCUT2D eigenvalue weighted by Gasteiger charge is 2.32. The first-order chi connectivity index (χ1) is 13.2. The van der Waals surface area contributed by atoms with Crippen molar-refractivity contribution in [2.45, 2.75) is 26.3 Å². The Balaban J connectivity index is 2.02. The van der Waals surface area contributed by atoms with Crippen LogP contribution < -0.4 is 10.9 Å². The van der Waals surface area contributed by atoms with Crippen molar-refractivity contribution >= 4 is 34.8 Å². The second-order valence-electron chi connectivity index (χ2n) is 6.92. The van der Waals surface area contributed by atoms with E-state index in [0.29, 0.717) is 27.0 Å². The van der Waals surface area contributed by atoms with Crippen molar-refractivity contribution in [3.05, 3.63) is 81.0 Å². The van der Waals surface area contributed by atoms with E-state index in [9.17, 15) is 9.59 Å². The van der Waals surface area contributed by atoms with Crippen LogP contribution in [0.25, 0.3) is 11.1 Å². The molecule has 0 fully saturated rings. The average Bonchev–Trinajstić information content (AvgIpc) is 2.61. The third-order valence-corrected chi connectivity index (χ3v) is 4.94. The van der Waals surface area contributed by atoms with E-state index in [1.54, 1.807) is 39.0 Å². The van der Waals surface area contributed by atoms with Gasteiger partial charge in [0.15, 0.2) is 0 Å². The minimum absolute atomic E-state index is 0.289. The summed E-state index contributed by atoms with van der Waals surface area (Å²) < 4.78 is 1.34. The monoisotopic (exact) mass is 415 g/mol. The smallest absolute Gasteiger partial charge is 0.262 e. The molecular weight excluding hydrogens is 397 g/mol. The third-order valence-electron chi connectivity index (χ3n) is 4.50. The first kappa shape index (κ1) is 20.1. The molecule has 0 aliphatic heterocycles. The summed E-state index contributed by atoms with van der Waals surface area (Å²) in [6.07, 6.45) is 1.40. The lowest BCUT2D eigenvalue weighted by Gasteiger charge is -2.27. The Bertz CT molecular complexity index is 1070. The summed E-state index contributed by atoms with van der Waals surface area (Å²) in [5, 5.41) is 3.58. The van der Waals surface area contributed by atoms with E-state index in [1.165, 1.54) is 10.9 Å². The molecule has 3 aromatic rings. The number of anilines is 1. The van der Waals surface area contributed by atoms with Crippen molar-refractivity contribution < 1.29 is 4.79 Å². The lowest BCUT2D eigenvalue weighted by Crippen LogP contribution is -2.46. The number of aromatic nitrogens is 2. The molecule has 5 nitrogen and oxygen atoms in total. The van der Waals surface area contributed by atoms with Crippen molar-refractivity contribution in [2.75, 3.05) is 5.32 Å². The molecule has 7 heteroatoms. The molecule has 0 radical (unpaired) electrons. The molecule has 144 valence electrons. The zero-order valence-electron chi connectivity index (χ0n) is 15.7. The van der Waals surface area contributed by atoms with Gasteiger partial charge in [0.1, 0.15) is 5.54 Å². The molecule has 0 saturated heterocycles. The van der Waals surface area contributed by atoms with Crippen molar-refractivity contribution in [3.8, 4) is 11.1 Å². The van der Waals surface area contributed by atoms with Crippen molar-refractivity contribution in [2.24, 2.45) is 0 Å². The lowest BCUT2D eigenvalue weighted by atomic mass is 10.0. The van der Waals surface area contributed by atoms with E-state index in [-0.39, 0.29) is 5.56 Å². The second kappa shape index (κ2) is 7.78. The highest BCUT2D eigenvalue weighted by molar-refractivity contribution is 6.35. The number of rotatable bonds is 4. The van der Waals surface area contributed by atoms with Crippen LogP contribution in [0, 0.1) is 6.92 Å². The maximum Gasteiger partial charge on any atom is 0.262 e. The number of carbonyl (C=O) groups excluding carboxylic acids is 1. The number of aryl methyl sites for hydroxylation is 1. The van der Waals surface area contributed by atoms with Crippen LogP contribution in [-0.2, 0) is 10.3 Å². The number of carbonyl (C=O) groups is 1. The predicted molar refractivity (Wildman–Crippen MR) is 113 cm³/mol. The van der Waals surface area contributed by atoms with E-state index in [1.807, 2.05) is 30.3 Å². The van der Waals surface area contributed by atoms with Gasteiger partial charge in [-0.3, -0.25) is 14.2 Å². The van der Waals surface area contributed by atoms with Gasteiger partial charge in [-0.2, -0.15) is 0 Å². The van der Waals surface area contributed by atoms with E-state index in [4.69, 9.17) is 23.2 Å². The van der Waals surface area contributed by atoms with Crippen LogP contribution in [0.15, 0.2) is 59.7 Å². The Morgan fingerprint density at radius 3 is 2.29 bits per heavy atom. The Kier molecular flexibility index (Phi) is 5.59. The molecule has 28 heavy (non-hydrogen) atoms. The van der Waals surface area contributed by atoms with Crippen LogP contribution in [0.4, 0.5) is 5.69 Å². The van der Waals surface area contributed by atoms with Gasteiger partial charge < -0.3 is 5.32 Å². The summed E-state index contributed by atoms with van der Waals surface area (Å²) in [6, 6.07) is 14.0. The lowest BCUT2D eigenvalue weighted by molar-refractivity contribution is -0.123. The molecule has 0 aliphatic rings. The van der Waals surface area contributed by atoms with Gasteiger partial charge in [-0.1, -0.05) is 53.5 Å². The quantitative estimate of drug-likeness (QED) is 0.658. The summed E-state index contributed by atoms with van der Waals surface area (Å²) in [5.41, 5.74) is 0.788. The van der Waals surface area contributed by atoms with Gasteiger partial charge in [-0.25, -0.2) is 4.98 Å². The van der Waals surface area contributed by atoms with Gasteiger partial charge in [-0.15, -0.1) is 0 Å². The van der Waals surface area contributed by atoms with E-state index in [0.717, 1.165) is 5.56 Å². The fraction of sp³-hybridized carbons (Fsp3) is 0.190. The van der Waals surface area contributed by atoms with Crippen LogP contribution in [0.5, 0.6) is 0 Å². The molecule has 1 amide bonds. The highest BCUT2D eigenvalue weighted by Crippen LogP contribution is 2.25. The van der Waals surface area contributed by atoms with Crippen LogP contribution in [-0.4, -0.2) is 15.5 Å². The maximum absolute atomic E-state index is 13.2. The van der Waals surface area contributed by atoms with Gasteiger partial charge in [0.2, 0.25) is 5.91 Å². The number of nitrogens with zero attached hydrogens (tertiary/aromatic N) is 2. The minimum Gasteiger partial charge on any atom is -0.324 e. The molecule has 0 saturated carbocycles. The summed E-state index contributed by atoms with van der Waals surface area (Å²) in [6.45, 7) is 5.08. The molecule has 1 N–H and O–H groups in total. The molecular formula is C21H19Cl2N3O2. The summed E-state index contributed by atoms with van der Waals surface area (Å²) in [5.74, 6) is -0.391. The molecule has 2 aromatic carbocycles. The van der Waals surface area contributed by atoms with Crippen LogP contribution >= 0.6 is 23.2 Å². The average molecular weight is 416 g/mol. The topological polar surface area (TPSA) is 64.0 Å². The van der Waals surface area contributed by atoms with Crippen LogP contribution in [0.3, 0.4) is 0 Å². The number of nitrogens with one attached hydrogen (secondary N) is 1. The molecule has 0 bridgehead atoms. The minimum atomic E-state index is -1.20. The molecule has 1 aromatic heterocycles. The summed E-state index contributed by atoms with van der Waals surface area (Å²) >= 11 is 12.0. The van der Waals surface area contributed by atoms with Crippen molar-refractivity contribution in [3.63, 3.8) is 0 Å². The predicted octanol–water partition coefficient (Wildman–Crippen LogP) is 4.90. The second-order valence-corrected chi connectivity index (χ2v) is 7.79. The van der Waals surface area contributed by atoms with E-state index >= 15 is 0 Å². The van der Waals surface area contributed by atoms with Crippen molar-refractivity contribution in [1.82, 2.24) is 9.55 Å². The normalized spacial score (nSPS) is 11.3. The SMILES string of the molecule is Cc1ncn(C(C)(C)C(=O)Nc2cc(Cl)cc(Cl)c2)c(=O)c1-c1ccccc1. The van der Waals surface area contributed by atoms with Crippen LogP contribution in [0.2, 0.25) is 10.0 Å². The fourth-order valence-electron chi connectivity index (χ4n) is 2.89. The Labute approximate surface area is 172 Å². The van der Waals surface area contributed by atoms with E-state index in [2.05, 4.69) is 10.3 Å². The number of amides is 1. The first-order valence-corrected chi connectivity index (χ1v) is 9.37. The number of halogens is 2. The third kappa shape index (κ3) is 3.96. The highest BCUT2D eigenvalue weighted by atomic mass is 35.5. The number of benzene rings is 2. The molecule has 1 heterocycles. The molecule has 0 atom stereocenters. The van der Waals surface area contributed by atoms with Gasteiger partial charge in [0.25, 0.3) is 5.56 Å². The van der Waals surface area contributed by atoms with Gasteiger partial charge in [0, 0.05) is 15.7 Å². The molecule has 3 rings (SSSR count). The van der Waals surface area contributed by atoms with Gasteiger partial charge in [0.05, 0.1) is 17.6 Å². The van der Waals surface area contributed by atoms with Crippen LogP contribution in [0.1, 0.15) is 19.5 Å². The fourth-order valence-corrected chi connectivity index (χ4v) is 3.42. The Morgan fingerprint density at radius 2 is 1.68 bits per heavy atom. The maximum atomic E-state index is 13.2. The van der Waals surface area contributed by atoms with Gasteiger partial charge in [-0.05, 0) is 44.5 Å². The first-order valence-electron chi connectivity index (χ1n) is 8.62. The zero-order valence-corrected chi connectivity index (χ0v) is 17.2. The number of hydrogen-bond acceptors (Lipinski definition) is 3. The van der Waals surface area contributed by atoms with Crippen molar-refractivity contribution in [1.29, 1.82) is 0 Å². The van der Waals surface area contributed by atoms with Gasteiger partial charge >= 0.3 is 0 Å². The number of hydrogen-bond donors (Lipinski definition) is 1. The Hall–Kier alpha value is -2.63. The summed E-state index contributed by atoms with van der Waals surface area (Å²) in [4.78, 5) is 30.5. The zero-order chi connectivity index (χ0) is 20.5. The molecule has 0 spiro atoms.